The van der Waals surface area contributed by atoms with Gasteiger partial charge in [0.2, 0.25) is 0 Å². The predicted octanol–water partition coefficient (Wildman–Crippen LogP) is 2.95. The number of ether oxygens (including phenoxy) is 2. The summed E-state index contributed by atoms with van der Waals surface area (Å²) in [5.41, 5.74) is 1.32. The fraction of sp³-hybridized carbons (Fsp3) is 0.600. The number of nitrogens with one attached hydrogen (secondary N) is 1. The highest BCUT2D eigenvalue weighted by Gasteiger charge is 2.14. The molecule has 18 heavy (non-hydrogen) atoms. The standard InChI is InChI=1S/C15H23NO2/c1-11(2)16-7-6-12(3)13-4-5-14-15(10-13)18-9-8-17-14/h4-5,10-12,16H,6-9H2,1-3H3. The molecule has 2 rings (SSSR count). The van der Waals surface area contributed by atoms with Gasteiger partial charge in [-0.25, -0.2) is 0 Å². The topological polar surface area (TPSA) is 30.5 Å². The highest BCUT2D eigenvalue weighted by Crippen LogP contribution is 2.33. The molecule has 1 unspecified atom stereocenters. The Bertz CT molecular complexity index is 390. The van der Waals surface area contributed by atoms with Crippen LogP contribution in [0.1, 0.15) is 38.7 Å². The first-order valence-electron chi connectivity index (χ1n) is 6.79. The van der Waals surface area contributed by atoms with E-state index in [1.54, 1.807) is 0 Å². The van der Waals surface area contributed by atoms with Crippen LogP contribution >= 0.6 is 0 Å². The second kappa shape index (κ2) is 6.10. The van der Waals surface area contributed by atoms with Crippen LogP contribution in [0.25, 0.3) is 0 Å². The van der Waals surface area contributed by atoms with Gasteiger partial charge in [0.25, 0.3) is 0 Å². The van der Waals surface area contributed by atoms with Crippen molar-refractivity contribution < 1.29 is 9.47 Å². The van der Waals surface area contributed by atoms with Crippen molar-refractivity contribution in [1.29, 1.82) is 0 Å². The van der Waals surface area contributed by atoms with Crippen LogP contribution < -0.4 is 14.8 Å². The maximum Gasteiger partial charge on any atom is 0.161 e. The minimum absolute atomic E-state index is 0.534. The second-order valence-corrected chi connectivity index (χ2v) is 5.20. The van der Waals surface area contributed by atoms with E-state index >= 15 is 0 Å². The van der Waals surface area contributed by atoms with E-state index in [9.17, 15) is 0 Å². The van der Waals surface area contributed by atoms with Crippen molar-refractivity contribution in [2.45, 2.75) is 39.2 Å². The third-order valence-corrected chi connectivity index (χ3v) is 3.27. The number of rotatable bonds is 5. The van der Waals surface area contributed by atoms with Crippen LogP contribution in [-0.4, -0.2) is 25.8 Å². The molecule has 1 aromatic rings. The van der Waals surface area contributed by atoms with Crippen molar-refractivity contribution in [3.63, 3.8) is 0 Å². The van der Waals surface area contributed by atoms with E-state index in [-0.39, 0.29) is 0 Å². The van der Waals surface area contributed by atoms with Gasteiger partial charge in [0.15, 0.2) is 11.5 Å². The van der Waals surface area contributed by atoms with Gasteiger partial charge in [0, 0.05) is 6.04 Å². The van der Waals surface area contributed by atoms with Gasteiger partial charge >= 0.3 is 0 Å². The molecule has 3 nitrogen and oxygen atoms in total. The third-order valence-electron chi connectivity index (χ3n) is 3.27. The van der Waals surface area contributed by atoms with Crippen molar-refractivity contribution in [3.8, 4) is 11.5 Å². The maximum atomic E-state index is 5.62. The zero-order chi connectivity index (χ0) is 13.0. The summed E-state index contributed by atoms with van der Waals surface area (Å²) < 4.78 is 11.1. The van der Waals surface area contributed by atoms with Gasteiger partial charge < -0.3 is 14.8 Å². The first-order chi connectivity index (χ1) is 8.66. The van der Waals surface area contributed by atoms with Crippen LogP contribution in [-0.2, 0) is 0 Å². The molecule has 1 atom stereocenters. The predicted molar refractivity (Wildman–Crippen MR) is 73.6 cm³/mol. The van der Waals surface area contributed by atoms with E-state index in [0.717, 1.165) is 24.5 Å². The fourth-order valence-corrected chi connectivity index (χ4v) is 2.12. The minimum Gasteiger partial charge on any atom is -0.486 e. The van der Waals surface area contributed by atoms with E-state index in [2.05, 4.69) is 38.2 Å². The first kappa shape index (κ1) is 13.2. The molecule has 0 amide bonds. The third kappa shape index (κ3) is 3.39. The van der Waals surface area contributed by atoms with Gasteiger partial charge in [-0.2, -0.15) is 0 Å². The second-order valence-electron chi connectivity index (χ2n) is 5.20. The molecule has 0 bridgehead atoms. The van der Waals surface area contributed by atoms with Crippen molar-refractivity contribution in [3.05, 3.63) is 23.8 Å². The van der Waals surface area contributed by atoms with Gasteiger partial charge in [-0.15, -0.1) is 0 Å². The Kier molecular flexibility index (Phi) is 4.48. The van der Waals surface area contributed by atoms with Crippen LogP contribution in [0, 0.1) is 0 Å². The average molecular weight is 249 g/mol. The molecule has 0 saturated heterocycles. The van der Waals surface area contributed by atoms with Crippen molar-refractivity contribution in [2.24, 2.45) is 0 Å². The number of hydrogen-bond acceptors (Lipinski definition) is 3. The highest BCUT2D eigenvalue weighted by molar-refractivity contribution is 5.44. The van der Waals surface area contributed by atoms with Crippen molar-refractivity contribution >= 4 is 0 Å². The van der Waals surface area contributed by atoms with Crippen LogP contribution in [0.2, 0.25) is 0 Å². The zero-order valence-corrected chi connectivity index (χ0v) is 11.5. The molecule has 0 aromatic heterocycles. The Balaban J connectivity index is 1.95. The largest absolute Gasteiger partial charge is 0.486 e. The fourth-order valence-electron chi connectivity index (χ4n) is 2.12. The summed E-state index contributed by atoms with van der Waals surface area (Å²) in [7, 11) is 0. The Hall–Kier alpha value is -1.22. The monoisotopic (exact) mass is 249 g/mol. The van der Waals surface area contributed by atoms with Gasteiger partial charge in [-0.1, -0.05) is 26.8 Å². The van der Waals surface area contributed by atoms with E-state index in [1.165, 1.54) is 5.56 Å². The molecule has 1 heterocycles. The Morgan fingerprint density at radius 2 is 1.83 bits per heavy atom. The molecule has 0 spiro atoms. The summed E-state index contributed by atoms with van der Waals surface area (Å²) in [6.45, 7) is 8.96. The summed E-state index contributed by atoms with van der Waals surface area (Å²) in [6, 6.07) is 6.84. The molecule has 1 N–H and O–H groups in total. The number of benzene rings is 1. The maximum absolute atomic E-state index is 5.62. The molecular formula is C15H23NO2. The molecule has 1 aliphatic rings. The Morgan fingerprint density at radius 3 is 2.56 bits per heavy atom. The molecular weight excluding hydrogens is 226 g/mol. The van der Waals surface area contributed by atoms with Gasteiger partial charge in [0.05, 0.1) is 0 Å². The lowest BCUT2D eigenvalue weighted by atomic mass is 9.97. The molecule has 0 fully saturated rings. The number of hydrogen-bond donors (Lipinski definition) is 1. The molecule has 100 valence electrons. The molecule has 1 aliphatic heterocycles. The lowest BCUT2D eigenvalue weighted by molar-refractivity contribution is 0.171. The summed E-state index contributed by atoms with van der Waals surface area (Å²) in [5.74, 6) is 2.30. The lowest BCUT2D eigenvalue weighted by Gasteiger charge is -2.21. The molecule has 0 radical (unpaired) electrons. The normalized spacial score (nSPS) is 15.8. The minimum atomic E-state index is 0.534. The highest BCUT2D eigenvalue weighted by atomic mass is 16.6. The van der Waals surface area contributed by atoms with Gasteiger partial charge in [0.1, 0.15) is 13.2 Å². The average Bonchev–Trinajstić information content (AvgIpc) is 2.37. The lowest BCUT2D eigenvalue weighted by Crippen LogP contribution is -2.24. The summed E-state index contributed by atoms with van der Waals surface area (Å²) in [5, 5.41) is 3.45. The van der Waals surface area contributed by atoms with Crippen LogP contribution in [0.15, 0.2) is 18.2 Å². The van der Waals surface area contributed by atoms with E-state index in [4.69, 9.17) is 9.47 Å². The van der Waals surface area contributed by atoms with Crippen molar-refractivity contribution in [2.75, 3.05) is 19.8 Å². The SMILES string of the molecule is CC(C)NCCC(C)c1ccc2c(c1)OCCO2. The molecule has 0 saturated carbocycles. The van der Waals surface area contributed by atoms with Gasteiger partial charge in [-0.3, -0.25) is 0 Å². The molecule has 3 heteroatoms. The number of fused-ring (bicyclic) bond motifs is 1. The van der Waals surface area contributed by atoms with Crippen molar-refractivity contribution in [1.82, 2.24) is 5.32 Å². The van der Waals surface area contributed by atoms with Gasteiger partial charge in [-0.05, 0) is 36.6 Å². The van der Waals surface area contributed by atoms with E-state index in [0.29, 0.717) is 25.2 Å². The Morgan fingerprint density at radius 1 is 1.11 bits per heavy atom. The van der Waals surface area contributed by atoms with E-state index < -0.39 is 0 Å². The van der Waals surface area contributed by atoms with E-state index in [1.807, 2.05) is 6.07 Å². The zero-order valence-electron chi connectivity index (χ0n) is 11.5. The summed E-state index contributed by atoms with van der Waals surface area (Å²) >= 11 is 0. The summed E-state index contributed by atoms with van der Waals surface area (Å²) in [6.07, 6.45) is 1.14. The quantitative estimate of drug-likeness (QED) is 0.870. The first-order valence-corrected chi connectivity index (χ1v) is 6.79. The van der Waals surface area contributed by atoms with Crippen LogP contribution in [0.4, 0.5) is 0 Å². The molecule has 1 aromatic carbocycles. The van der Waals surface area contributed by atoms with Crippen LogP contribution in [0.5, 0.6) is 11.5 Å². The molecule has 0 aliphatic carbocycles. The smallest absolute Gasteiger partial charge is 0.161 e. The van der Waals surface area contributed by atoms with Crippen LogP contribution in [0.3, 0.4) is 0 Å². The summed E-state index contributed by atoms with van der Waals surface area (Å²) in [4.78, 5) is 0. The Labute approximate surface area is 109 Å².